The van der Waals surface area contributed by atoms with Gasteiger partial charge < -0.3 is 9.47 Å². The molecule has 0 atom stereocenters. The fourth-order valence-corrected chi connectivity index (χ4v) is 10.2. The molecule has 0 fully saturated rings. The molecule has 0 aliphatic rings. The van der Waals surface area contributed by atoms with Crippen LogP contribution in [0.25, 0.3) is 82.1 Å². The first-order valence-electron chi connectivity index (χ1n) is 23.6. The van der Waals surface area contributed by atoms with Crippen LogP contribution in [0, 0.1) is 0 Å². The molecular formula is C64H58N2. The first-order valence-corrected chi connectivity index (χ1v) is 23.6. The second-order valence-corrected chi connectivity index (χ2v) is 21.5. The van der Waals surface area contributed by atoms with Crippen LogP contribution in [0.2, 0.25) is 0 Å². The molecule has 10 aromatic carbocycles. The van der Waals surface area contributed by atoms with Gasteiger partial charge in [0.2, 0.25) is 0 Å². The fourth-order valence-electron chi connectivity index (χ4n) is 10.2. The van der Waals surface area contributed by atoms with Crippen LogP contribution in [0.3, 0.4) is 0 Å². The molecule has 0 N–H and O–H groups in total. The average molecular weight is 855 g/mol. The van der Waals surface area contributed by atoms with Gasteiger partial charge in [-0.1, -0.05) is 196 Å². The Morgan fingerprint density at radius 3 is 1.35 bits per heavy atom. The standard InChI is InChI=1S/C64H58N2/c1-62(2,3)47-36-44(35-45(37-47)46-38-48(63(4,5)6)40-49(39-46)64(7,8)9)41-23-29-51(30-24-41)65(50-17-11-10-12-18-50)58-33-27-42-26-32-55-59(34-28-43-25-31-54(58)60(42)61(43)55)66-56-21-15-13-19-52(56)53-20-14-16-22-57(53)66/h10-40H,1-9H3. The number of para-hydroxylation sites is 3. The van der Waals surface area contributed by atoms with E-state index in [0.717, 1.165) is 17.1 Å². The minimum absolute atomic E-state index is 0.0253. The fraction of sp³-hybridized carbons (Fsp3) is 0.188. The number of aromatic nitrogens is 1. The largest absolute Gasteiger partial charge is 0.310 e. The maximum Gasteiger partial charge on any atom is 0.0541 e. The van der Waals surface area contributed by atoms with Gasteiger partial charge in [0.05, 0.1) is 22.4 Å². The molecule has 0 aliphatic heterocycles. The van der Waals surface area contributed by atoms with E-state index in [-0.39, 0.29) is 16.2 Å². The molecule has 0 saturated carbocycles. The summed E-state index contributed by atoms with van der Waals surface area (Å²) in [6.45, 7) is 20.9. The zero-order valence-electron chi connectivity index (χ0n) is 39.8. The third-order valence-corrected chi connectivity index (χ3v) is 14.0. The Hall–Kier alpha value is -7.16. The first kappa shape index (κ1) is 41.5. The number of fused-ring (bicyclic) bond motifs is 3. The summed E-state index contributed by atoms with van der Waals surface area (Å²) in [5, 5.41) is 10.1. The number of nitrogens with zero attached hydrogens (tertiary/aromatic N) is 2. The van der Waals surface area contributed by atoms with Gasteiger partial charge in [0.15, 0.2) is 0 Å². The monoisotopic (exact) mass is 854 g/mol. The zero-order valence-corrected chi connectivity index (χ0v) is 39.8. The Bertz CT molecular complexity index is 3540. The molecule has 0 aliphatic carbocycles. The van der Waals surface area contributed by atoms with Crippen molar-refractivity contribution in [1.29, 1.82) is 0 Å². The summed E-state index contributed by atoms with van der Waals surface area (Å²) in [4.78, 5) is 2.44. The van der Waals surface area contributed by atoms with Crippen LogP contribution < -0.4 is 4.90 Å². The van der Waals surface area contributed by atoms with Crippen molar-refractivity contribution in [2.75, 3.05) is 4.90 Å². The third-order valence-electron chi connectivity index (χ3n) is 14.0. The lowest BCUT2D eigenvalue weighted by atomic mass is 9.78. The number of anilines is 3. The van der Waals surface area contributed by atoms with Crippen LogP contribution in [0.5, 0.6) is 0 Å². The van der Waals surface area contributed by atoms with Crippen LogP contribution >= 0.6 is 0 Å². The highest BCUT2D eigenvalue weighted by Crippen LogP contribution is 2.46. The van der Waals surface area contributed by atoms with E-state index >= 15 is 0 Å². The summed E-state index contributed by atoms with van der Waals surface area (Å²) < 4.78 is 2.46. The molecule has 324 valence electrons. The molecule has 1 heterocycles. The summed E-state index contributed by atoms with van der Waals surface area (Å²) in [7, 11) is 0. The molecule has 11 aromatic rings. The van der Waals surface area contributed by atoms with Crippen molar-refractivity contribution >= 4 is 71.2 Å². The Balaban J connectivity index is 1.06. The molecule has 0 unspecified atom stereocenters. The van der Waals surface area contributed by atoms with E-state index in [1.54, 1.807) is 0 Å². The molecule has 11 rings (SSSR count). The van der Waals surface area contributed by atoms with Gasteiger partial charge in [-0.25, -0.2) is 0 Å². The molecule has 0 spiro atoms. The van der Waals surface area contributed by atoms with Crippen molar-refractivity contribution < 1.29 is 0 Å². The number of benzene rings is 10. The van der Waals surface area contributed by atoms with Crippen molar-refractivity contribution in [3.8, 4) is 27.9 Å². The topological polar surface area (TPSA) is 8.17 Å². The SMILES string of the molecule is CC(C)(C)c1cc(-c2ccc(N(c3ccccc3)c3ccc4ccc5c(-n6c7ccccc7c7ccccc76)ccc6ccc3c4c65)cc2)cc(-c2cc(C(C)(C)C)cc(C(C)(C)C)c2)c1. The summed E-state index contributed by atoms with van der Waals surface area (Å²) in [6, 6.07) is 70.7. The first-order chi connectivity index (χ1) is 31.6. The van der Waals surface area contributed by atoms with E-state index in [4.69, 9.17) is 0 Å². The zero-order chi connectivity index (χ0) is 45.7. The maximum absolute atomic E-state index is 2.46. The predicted molar refractivity (Wildman–Crippen MR) is 286 cm³/mol. The van der Waals surface area contributed by atoms with E-state index < -0.39 is 0 Å². The smallest absolute Gasteiger partial charge is 0.0541 e. The van der Waals surface area contributed by atoms with Crippen molar-refractivity contribution in [1.82, 2.24) is 4.57 Å². The molecule has 0 amide bonds. The van der Waals surface area contributed by atoms with Crippen LogP contribution in [0.1, 0.15) is 79.0 Å². The predicted octanol–water partition coefficient (Wildman–Crippen LogP) is 18.4. The quantitative estimate of drug-likeness (QED) is 0.151. The van der Waals surface area contributed by atoms with Gasteiger partial charge in [0.1, 0.15) is 0 Å². The van der Waals surface area contributed by atoms with E-state index in [2.05, 4.69) is 260 Å². The normalized spacial score (nSPS) is 12.6. The molecule has 2 heteroatoms. The van der Waals surface area contributed by atoms with Crippen LogP contribution in [-0.4, -0.2) is 4.57 Å². The molecule has 0 saturated heterocycles. The Labute approximate surface area is 390 Å². The van der Waals surface area contributed by atoms with Crippen molar-refractivity contribution in [2.24, 2.45) is 0 Å². The highest BCUT2D eigenvalue weighted by Gasteiger charge is 2.24. The maximum atomic E-state index is 2.46. The van der Waals surface area contributed by atoms with Gasteiger partial charge in [0.25, 0.3) is 0 Å². The summed E-state index contributed by atoms with van der Waals surface area (Å²) in [5.41, 5.74) is 16.1. The minimum Gasteiger partial charge on any atom is -0.310 e. The van der Waals surface area contributed by atoms with Crippen LogP contribution in [0.15, 0.2) is 188 Å². The lowest BCUT2D eigenvalue weighted by molar-refractivity contribution is 0.569. The van der Waals surface area contributed by atoms with Gasteiger partial charge in [-0.3, -0.25) is 0 Å². The Kier molecular flexibility index (Phi) is 9.57. The molecule has 66 heavy (non-hydrogen) atoms. The second kappa shape index (κ2) is 15.2. The van der Waals surface area contributed by atoms with E-state index in [1.807, 2.05) is 0 Å². The third kappa shape index (κ3) is 7.02. The van der Waals surface area contributed by atoms with Gasteiger partial charge in [-0.15, -0.1) is 0 Å². The molecule has 1 aromatic heterocycles. The number of rotatable bonds is 6. The van der Waals surface area contributed by atoms with Crippen LogP contribution in [-0.2, 0) is 16.2 Å². The van der Waals surface area contributed by atoms with E-state index in [1.165, 1.54) is 98.8 Å². The molecule has 0 radical (unpaired) electrons. The summed E-state index contributed by atoms with van der Waals surface area (Å²) in [5.74, 6) is 0. The van der Waals surface area contributed by atoms with Gasteiger partial charge in [-0.2, -0.15) is 0 Å². The number of hydrogen-bond donors (Lipinski definition) is 0. The minimum atomic E-state index is -0.0253. The lowest BCUT2D eigenvalue weighted by Gasteiger charge is -2.28. The lowest BCUT2D eigenvalue weighted by Crippen LogP contribution is -2.16. The van der Waals surface area contributed by atoms with Gasteiger partial charge >= 0.3 is 0 Å². The summed E-state index contributed by atoms with van der Waals surface area (Å²) in [6.07, 6.45) is 0. The highest BCUT2D eigenvalue weighted by molar-refractivity contribution is 6.27. The average Bonchev–Trinajstić information content (AvgIpc) is 3.65. The van der Waals surface area contributed by atoms with Crippen molar-refractivity contribution in [2.45, 2.75) is 78.6 Å². The van der Waals surface area contributed by atoms with Crippen LogP contribution in [0.4, 0.5) is 17.1 Å². The van der Waals surface area contributed by atoms with E-state index in [9.17, 15) is 0 Å². The van der Waals surface area contributed by atoms with Gasteiger partial charge in [-0.05, 0) is 131 Å². The van der Waals surface area contributed by atoms with Gasteiger partial charge in [0, 0.05) is 32.9 Å². The second-order valence-electron chi connectivity index (χ2n) is 21.5. The molecule has 0 bridgehead atoms. The van der Waals surface area contributed by atoms with Crippen molar-refractivity contribution in [3.05, 3.63) is 205 Å². The highest BCUT2D eigenvalue weighted by atomic mass is 15.1. The molecular weight excluding hydrogens is 797 g/mol. The number of hydrogen-bond acceptors (Lipinski definition) is 1. The Morgan fingerprint density at radius 1 is 0.333 bits per heavy atom. The Morgan fingerprint density at radius 2 is 0.773 bits per heavy atom. The molecule has 2 nitrogen and oxygen atoms in total. The van der Waals surface area contributed by atoms with E-state index in [0.29, 0.717) is 0 Å². The van der Waals surface area contributed by atoms with Crippen molar-refractivity contribution in [3.63, 3.8) is 0 Å². The summed E-state index contributed by atoms with van der Waals surface area (Å²) >= 11 is 0.